The van der Waals surface area contributed by atoms with Crippen molar-refractivity contribution >= 4 is 11.0 Å². The smallest absolute Gasteiger partial charge is 0.135 e. The molecule has 0 atom stereocenters. The Hall–Kier alpha value is -1.39. The molecule has 2 N–H and O–H groups in total. The van der Waals surface area contributed by atoms with Gasteiger partial charge in [0.05, 0.1) is 11.0 Å². The van der Waals surface area contributed by atoms with Crippen LogP contribution < -0.4 is 5.32 Å². The average Bonchev–Trinajstić information content (AvgIpc) is 2.79. The minimum atomic E-state index is 0.0120. The van der Waals surface area contributed by atoms with Crippen molar-refractivity contribution in [1.82, 2.24) is 14.9 Å². The summed E-state index contributed by atoms with van der Waals surface area (Å²) in [5, 5.41) is 12.9. The molecular weight excluding hydrogens is 226 g/mol. The quantitative estimate of drug-likeness (QED) is 0.847. The Balaban J connectivity index is 2.17. The lowest BCUT2D eigenvalue weighted by atomic mass is 10.1. The number of para-hydroxylation sites is 1. The van der Waals surface area contributed by atoms with Gasteiger partial charge in [0.1, 0.15) is 12.4 Å². The number of aliphatic hydroxyl groups is 1. The van der Waals surface area contributed by atoms with Crippen molar-refractivity contribution in [2.24, 2.45) is 0 Å². The summed E-state index contributed by atoms with van der Waals surface area (Å²) in [5.74, 6) is 0.797. The average molecular weight is 245 g/mol. The molecule has 1 aliphatic rings. The molecular formula is C14H19N3O. The fraction of sp³-hybridized carbons (Fsp3) is 0.500. The van der Waals surface area contributed by atoms with Gasteiger partial charge in [-0.3, -0.25) is 0 Å². The maximum absolute atomic E-state index is 9.54. The van der Waals surface area contributed by atoms with E-state index in [2.05, 4.69) is 27.9 Å². The van der Waals surface area contributed by atoms with Crippen molar-refractivity contribution in [1.29, 1.82) is 0 Å². The van der Waals surface area contributed by atoms with Crippen LogP contribution in [0.25, 0.3) is 11.0 Å². The second kappa shape index (κ2) is 4.71. The molecule has 0 bridgehead atoms. The molecule has 1 fully saturated rings. The monoisotopic (exact) mass is 245 g/mol. The Morgan fingerprint density at radius 2 is 2.17 bits per heavy atom. The number of aliphatic hydroxyl groups excluding tert-OH is 1. The standard InChI is InChI=1S/C14H19N3O/c1-10-3-2-4-12-14(10)17(13(9-18)16-12)11-5-7-15-8-6-11/h2-4,11,15,18H,5-9H2,1H3. The van der Waals surface area contributed by atoms with Crippen LogP contribution >= 0.6 is 0 Å². The molecule has 2 aromatic rings. The number of nitrogens with one attached hydrogen (secondary N) is 1. The summed E-state index contributed by atoms with van der Waals surface area (Å²) in [6, 6.07) is 6.62. The van der Waals surface area contributed by atoms with Crippen LogP contribution in [-0.4, -0.2) is 27.7 Å². The number of aryl methyl sites for hydroxylation is 1. The molecule has 4 nitrogen and oxygen atoms in total. The number of hydrogen-bond acceptors (Lipinski definition) is 3. The van der Waals surface area contributed by atoms with Crippen LogP contribution in [0.2, 0.25) is 0 Å². The van der Waals surface area contributed by atoms with Crippen LogP contribution in [0.3, 0.4) is 0 Å². The second-order valence-electron chi connectivity index (χ2n) is 4.98. The molecule has 0 radical (unpaired) electrons. The van der Waals surface area contributed by atoms with Gasteiger partial charge in [-0.05, 0) is 44.5 Å². The van der Waals surface area contributed by atoms with Gasteiger partial charge in [-0.15, -0.1) is 0 Å². The number of imidazole rings is 1. The molecule has 1 aliphatic heterocycles. The van der Waals surface area contributed by atoms with Crippen LogP contribution in [0.1, 0.15) is 30.3 Å². The van der Waals surface area contributed by atoms with Gasteiger partial charge in [0, 0.05) is 6.04 Å². The Morgan fingerprint density at radius 3 is 2.89 bits per heavy atom. The molecule has 1 aromatic heterocycles. The normalized spacial score (nSPS) is 17.4. The van der Waals surface area contributed by atoms with Gasteiger partial charge in [-0.25, -0.2) is 4.98 Å². The van der Waals surface area contributed by atoms with Crippen molar-refractivity contribution in [3.05, 3.63) is 29.6 Å². The fourth-order valence-electron chi connectivity index (χ4n) is 2.94. The van der Waals surface area contributed by atoms with Crippen molar-refractivity contribution in [2.45, 2.75) is 32.4 Å². The Bertz CT molecular complexity index is 555. The predicted molar refractivity (Wildman–Crippen MR) is 71.5 cm³/mol. The summed E-state index contributed by atoms with van der Waals surface area (Å²) < 4.78 is 2.26. The number of rotatable bonds is 2. The van der Waals surface area contributed by atoms with Gasteiger partial charge >= 0.3 is 0 Å². The van der Waals surface area contributed by atoms with E-state index in [1.807, 2.05) is 12.1 Å². The minimum Gasteiger partial charge on any atom is -0.388 e. The Morgan fingerprint density at radius 1 is 1.39 bits per heavy atom. The summed E-state index contributed by atoms with van der Waals surface area (Å²) in [7, 11) is 0. The predicted octanol–water partition coefficient (Wildman–Crippen LogP) is 1.76. The SMILES string of the molecule is Cc1cccc2nc(CO)n(C3CCNCC3)c12. The van der Waals surface area contributed by atoms with E-state index in [1.165, 1.54) is 11.1 Å². The largest absolute Gasteiger partial charge is 0.388 e. The highest BCUT2D eigenvalue weighted by Crippen LogP contribution is 2.28. The zero-order valence-corrected chi connectivity index (χ0v) is 10.7. The van der Waals surface area contributed by atoms with E-state index in [0.29, 0.717) is 6.04 Å². The Labute approximate surface area is 107 Å². The molecule has 2 heterocycles. The van der Waals surface area contributed by atoms with Gasteiger partial charge in [0.2, 0.25) is 0 Å². The van der Waals surface area contributed by atoms with E-state index in [4.69, 9.17) is 0 Å². The zero-order valence-electron chi connectivity index (χ0n) is 10.7. The number of benzene rings is 1. The first-order valence-corrected chi connectivity index (χ1v) is 6.59. The molecule has 0 spiro atoms. The molecule has 4 heteroatoms. The molecule has 0 saturated carbocycles. The zero-order chi connectivity index (χ0) is 12.5. The third kappa shape index (κ3) is 1.82. The summed E-state index contributed by atoms with van der Waals surface area (Å²) in [6.45, 7) is 4.21. The second-order valence-corrected chi connectivity index (χ2v) is 4.98. The topological polar surface area (TPSA) is 50.1 Å². The number of hydrogen-bond donors (Lipinski definition) is 2. The molecule has 96 valence electrons. The molecule has 1 saturated heterocycles. The van der Waals surface area contributed by atoms with Gasteiger partial charge in [0.15, 0.2) is 0 Å². The summed E-state index contributed by atoms with van der Waals surface area (Å²) in [5.41, 5.74) is 3.42. The fourth-order valence-corrected chi connectivity index (χ4v) is 2.94. The van der Waals surface area contributed by atoms with Crippen LogP contribution in [0, 0.1) is 6.92 Å². The van der Waals surface area contributed by atoms with Crippen LogP contribution in [0.4, 0.5) is 0 Å². The molecule has 0 aliphatic carbocycles. The van der Waals surface area contributed by atoms with E-state index in [9.17, 15) is 5.11 Å². The Kier molecular flexibility index (Phi) is 3.06. The summed E-state index contributed by atoms with van der Waals surface area (Å²) >= 11 is 0. The number of aromatic nitrogens is 2. The lowest BCUT2D eigenvalue weighted by molar-refractivity contribution is 0.255. The first-order valence-electron chi connectivity index (χ1n) is 6.59. The van der Waals surface area contributed by atoms with E-state index < -0.39 is 0 Å². The van der Waals surface area contributed by atoms with E-state index in [0.717, 1.165) is 37.3 Å². The van der Waals surface area contributed by atoms with E-state index in [-0.39, 0.29) is 6.61 Å². The van der Waals surface area contributed by atoms with Crippen molar-refractivity contribution < 1.29 is 5.11 Å². The van der Waals surface area contributed by atoms with Crippen LogP contribution in [0.15, 0.2) is 18.2 Å². The van der Waals surface area contributed by atoms with Crippen LogP contribution in [-0.2, 0) is 6.61 Å². The number of fused-ring (bicyclic) bond motifs is 1. The van der Waals surface area contributed by atoms with Crippen molar-refractivity contribution in [3.8, 4) is 0 Å². The van der Waals surface area contributed by atoms with Crippen molar-refractivity contribution in [2.75, 3.05) is 13.1 Å². The van der Waals surface area contributed by atoms with Gasteiger partial charge in [-0.2, -0.15) is 0 Å². The molecule has 1 aromatic carbocycles. The van der Waals surface area contributed by atoms with E-state index in [1.54, 1.807) is 0 Å². The third-order valence-electron chi connectivity index (χ3n) is 3.80. The number of piperidine rings is 1. The summed E-state index contributed by atoms with van der Waals surface area (Å²) in [6.07, 6.45) is 2.21. The van der Waals surface area contributed by atoms with Crippen molar-refractivity contribution in [3.63, 3.8) is 0 Å². The van der Waals surface area contributed by atoms with Gasteiger partial charge in [0.25, 0.3) is 0 Å². The molecule has 18 heavy (non-hydrogen) atoms. The minimum absolute atomic E-state index is 0.0120. The lowest BCUT2D eigenvalue weighted by Crippen LogP contribution is -2.30. The first kappa shape index (κ1) is 11.7. The molecule has 0 unspecified atom stereocenters. The maximum Gasteiger partial charge on any atom is 0.135 e. The molecule has 0 amide bonds. The van der Waals surface area contributed by atoms with Gasteiger partial charge < -0.3 is 15.0 Å². The highest BCUT2D eigenvalue weighted by molar-refractivity contribution is 5.79. The van der Waals surface area contributed by atoms with Gasteiger partial charge in [-0.1, -0.05) is 12.1 Å². The maximum atomic E-state index is 9.54. The first-order chi connectivity index (χ1) is 8.81. The number of nitrogens with zero attached hydrogens (tertiary/aromatic N) is 2. The highest BCUT2D eigenvalue weighted by atomic mass is 16.3. The van der Waals surface area contributed by atoms with Crippen LogP contribution in [0.5, 0.6) is 0 Å². The highest BCUT2D eigenvalue weighted by Gasteiger charge is 2.21. The van der Waals surface area contributed by atoms with E-state index >= 15 is 0 Å². The molecule has 3 rings (SSSR count). The summed E-state index contributed by atoms with van der Waals surface area (Å²) in [4.78, 5) is 4.56. The third-order valence-corrected chi connectivity index (χ3v) is 3.80. The lowest BCUT2D eigenvalue weighted by Gasteiger charge is -2.26.